The van der Waals surface area contributed by atoms with Crippen LogP contribution in [0.3, 0.4) is 0 Å². The van der Waals surface area contributed by atoms with Crippen LogP contribution in [0, 0.1) is 5.92 Å². The van der Waals surface area contributed by atoms with Gasteiger partial charge < -0.3 is 0 Å². The van der Waals surface area contributed by atoms with Gasteiger partial charge in [-0.3, -0.25) is 0 Å². The summed E-state index contributed by atoms with van der Waals surface area (Å²) in [4.78, 5) is 0. The fourth-order valence-electron chi connectivity index (χ4n) is 4.06. The summed E-state index contributed by atoms with van der Waals surface area (Å²) in [6.45, 7) is 8.50. The first kappa shape index (κ1) is 25.7. The molecule has 0 heteroatoms. The van der Waals surface area contributed by atoms with Crippen molar-refractivity contribution in [3.63, 3.8) is 0 Å². The first-order chi connectivity index (χ1) is 12.8. The maximum absolute atomic E-state index is 3.88. The van der Waals surface area contributed by atoms with Crippen molar-refractivity contribution in [1.29, 1.82) is 0 Å². The van der Waals surface area contributed by atoms with Gasteiger partial charge in [0.1, 0.15) is 0 Å². The van der Waals surface area contributed by atoms with Crippen molar-refractivity contribution in [3.05, 3.63) is 12.7 Å². The predicted molar refractivity (Wildman–Crippen MR) is 122 cm³/mol. The molecular formula is C26H52. The lowest BCUT2D eigenvalue weighted by molar-refractivity contribution is 0.441. The van der Waals surface area contributed by atoms with Gasteiger partial charge in [0, 0.05) is 0 Å². The smallest absolute Gasteiger partial charge is 0.0325 e. The van der Waals surface area contributed by atoms with Crippen LogP contribution in [0.4, 0.5) is 0 Å². The van der Waals surface area contributed by atoms with E-state index in [0.29, 0.717) is 0 Å². The molecule has 0 N–H and O–H groups in total. The van der Waals surface area contributed by atoms with Gasteiger partial charge in [0.2, 0.25) is 0 Å². The number of unbranched alkanes of at least 4 members (excludes halogenated alkanes) is 17. The van der Waals surface area contributed by atoms with Crippen molar-refractivity contribution in [2.75, 3.05) is 0 Å². The molecule has 0 aromatic heterocycles. The van der Waals surface area contributed by atoms with Crippen LogP contribution in [0.1, 0.15) is 149 Å². The molecule has 0 aliphatic carbocycles. The molecule has 0 spiro atoms. The van der Waals surface area contributed by atoms with Crippen molar-refractivity contribution >= 4 is 0 Å². The van der Waals surface area contributed by atoms with Crippen LogP contribution in [0.2, 0.25) is 0 Å². The first-order valence-electron chi connectivity index (χ1n) is 12.5. The zero-order chi connectivity index (χ0) is 19.1. The van der Waals surface area contributed by atoms with Crippen LogP contribution in [-0.2, 0) is 0 Å². The normalized spacial score (nSPS) is 12.4. The minimum Gasteiger partial charge on any atom is -0.103 e. The highest BCUT2D eigenvalue weighted by atomic mass is 14.1. The fraction of sp³-hybridized carbons (Fsp3) is 0.923. The average molecular weight is 365 g/mol. The summed E-state index contributed by atoms with van der Waals surface area (Å²) in [5.74, 6) is 0.897. The van der Waals surface area contributed by atoms with Gasteiger partial charge in [0.05, 0.1) is 0 Å². The van der Waals surface area contributed by atoms with Crippen molar-refractivity contribution in [2.45, 2.75) is 149 Å². The van der Waals surface area contributed by atoms with Crippen LogP contribution in [0.5, 0.6) is 0 Å². The Bertz CT molecular complexity index is 255. The maximum Gasteiger partial charge on any atom is -0.0325 e. The summed E-state index contributed by atoms with van der Waals surface area (Å²) in [6, 6.07) is 0. The highest BCUT2D eigenvalue weighted by Gasteiger charge is 2.03. The molecule has 0 aliphatic rings. The van der Waals surface area contributed by atoms with Gasteiger partial charge in [-0.15, -0.1) is 6.58 Å². The number of hydrogen-bond acceptors (Lipinski definition) is 0. The van der Waals surface area contributed by atoms with E-state index in [2.05, 4.69) is 26.5 Å². The van der Waals surface area contributed by atoms with Gasteiger partial charge in [-0.2, -0.15) is 0 Å². The van der Waals surface area contributed by atoms with Crippen LogP contribution in [0.15, 0.2) is 12.7 Å². The van der Waals surface area contributed by atoms with Crippen molar-refractivity contribution in [1.82, 2.24) is 0 Å². The Hall–Kier alpha value is -0.260. The van der Waals surface area contributed by atoms with Gasteiger partial charge >= 0.3 is 0 Å². The quantitative estimate of drug-likeness (QED) is 0.132. The Balaban J connectivity index is 3.08. The van der Waals surface area contributed by atoms with Gasteiger partial charge in [0.15, 0.2) is 0 Å². The van der Waals surface area contributed by atoms with Crippen molar-refractivity contribution in [2.24, 2.45) is 5.92 Å². The molecule has 0 bridgehead atoms. The SMILES string of the molecule is C=CCC(CC)CCCCCCCCCCCCCCCCCCCC. The molecule has 0 saturated heterocycles. The van der Waals surface area contributed by atoms with E-state index in [1.165, 1.54) is 135 Å². The highest BCUT2D eigenvalue weighted by molar-refractivity contribution is 4.72. The van der Waals surface area contributed by atoms with Gasteiger partial charge in [-0.25, -0.2) is 0 Å². The van der Waals surface area contributed by atoms with Crippen LogP contribution >= 0.6 is 0 Å². The third-order valence-electron chi connectivity index (χ3n) is 6.04. The number of hydrogen-bond donors (Lipinski definition) is 0. The summed E-state index contributed by atoms with van der Waals surface area (Å²) >= 11 is 0. The van der Waals surface area contributed by atoms with Crippen molar-refractivity contribution in [3.8, 4) is 0 Å². The van der Waals surface area contributed by atoms with Crippen LogP contribution in [0.25, 0.3) is 0 Å². The van der Waals surface area contributed by atoms with Gasteiger partial charge in [-0.05, 0) is 12.3 Å². The third-order valence-corrected chi connectivity index (χ3v) is 6.04. The summed E-state index contributed by atoms with van der Waals surface area (Å²) < 4.78 is 0. The Morgan fingerprint density at radius 3 is 1.19 bits per heavy atom. The van der Waals surface area contributed by atoms with E-state index < -0.39 is 0 Å². The Morgan fingerprint density at radius 2 is 0.885 bits per heavy atom. The second-order valence-electron chi connectivity index (χ2n) is 8.60. The van der Waals surface area contributed by atoms with E-state index in [1.807, 2.05) is 0 Å². The van der Waals surface area contributed by atoms with E-state index in [9.17, 15) is 0 Å². The second-order valence-corrected chi connectivity index (χ2v) is 8.60. The summed E-state index contributed by atoms with van der Waals surface area (Å²) in [6.07, 6.45) is 32.4. The lowest BCUT2D eigenvalue weighted by atomic mass is 9.95. The monoisotopic (exact) mass is 364 g/mol. The molecule has 0 aliphatic heterocycles. The first-order valence-corrected chi connectivity index (χ1v) is 12.5. The predicted octanol–water partition coefficient (Wildman–Crippen LogP) is 10.0. The topological polar surface area (TPSA) is 0 Å². The third kappa shape index (κ3) is 20.1. The van der Waals surface area contributed by atoms with Crippen LogP contribution in [-0.4, -0.2) is 0 Å². The zero-order valence-electron chi connectivity index (χ0n) is 18.7. The van der Waals surface area contributed by atoms with E-state index in [4.69, 9.17) is 0 Å². The molecule has 156 valence electrons. The van der Waals surface area contributed by atoms with Crippen molar-refractivity contribution < 1.29 is 0 Å². The number of rotatable bonds is 22. The molecule has 26 heavy (non-hydrogen) atoms. The Labute approximate surface area is 167 Å². The molecule has 0 saturated carbocycles. The lowest BCUT2D eigenvalue weighted by Crippen LogP contribution is -1.96. The Morgan fingerprint density at radius 1 is 0.538 bits per heavy atom. The van der Waals surface area contributed by atoms with E-state index in [0.717, 1.165) is 5.92 Å². The molecule has 0 rings (SSSR count). The largest absolute Gasteiger partial charge is 0.103 e. The summed E-state index contributed by atoms with van der Waals surface area (Å²) in [7, 11) is 0. The van der Waals surface area contributed by atoms with Crippen LogP contribution < -0.4 is 0 Å². The van der Waals surface area contributed by atoms with E-state index in [-0.39, 0.29) is 0 Å². The summed E-state index contributed by atoms with van der Waals surface area (Å²) in [5.41, 5.74) is 0. The Kier molecular flexibility index (Phi) is 22.6. The molecule has 0 nitrogen and oxygen atoms in total. The highest BCUT2D eigenvalue weighted by Crippen LogP contribution is 2.19. The van der Waals surface area contributed by atoms with Gasteiger partial charge in [-0.1, -0.05) is 148 Å². The molecule has 0 aromatic rings. The minimum absolute atomic E-state index is 0.897. The fourth-order valence-corrected chi connectivity index (χ4v) is 4.06. The summed E-state index contributed by atoms with van der Waals surface area (Å²) in [5, 5.41) is 0. The molecule has 0 radical (unpaired) electrons. The number of allylic oxidation sites excluding steroid dienone is 1. The molecular weight excluding hydrogens is 312 g/mol. The standard InChI is InChI=1S/C26H52/c1-4-7-8-9-10-11-12-13-14-15-16-17-18-19-20-21-22-23-25-26(6-3)24-5-2/h5,26H,2,4,6-25H2,1,3H3. The molecule has 0 fully saturated rings. The molecule has 0 aromatic carbocycles. The van der Waals surface area contributed by atoms with E-state index >= 15 is 0 Å². The second kappa shape index (κ2) is 22.8. The zero-order valence-corrected chi connectivity index (χ0v) is 18.7. The molecule has 1 unspecified atom stereocenters. The van der Waals surface area contributed by atoms with E-state index in [1.54, 1.807) is 0 Å². The lowest BCUT2D eigenvalue weighted by Gasteiger charge is -2.11. The molecule has 1 atom stereocenters. The minimum atomic E-state index is 0.897. The maximum atomic E-state index is 3.88. The average Bonchev–Trinajstić information content (AvgIpc) is 2.66. The molecule has 0 heterocycles. The molecule has 0 amide bonds. The van der Waals surface area contributed by atoms with Gasteiger partial charge in [0.25, 0.3) is 0 Å².